The molecular weight excluding hydrogens is 224 g/mol. The van der Waals surface area contributed by atoms with Gasteiger partial charge in [0, 0.05) is 25.6 Å². The Morgan fingerprint density at radius 1 is 1.06 bits per heavy atom. The van der Waals surface area contributed by atoms with Crippen molar-refractivity contribution in [3.8, 4) is 0 Å². The van der Waals surface area contributed by atoms with Crippen LogP contribution in [0, 0.1) is 5.92 Å². The molecule has 1 unspecified atom stereocenters. The molecule has 0 spiro atoms. The minimum atomic E-state index is 0.0956. The lowest BCUT2D eigenvalue weighted by Crippen LogP contribution is -2.39. The SMILES string of the molecule is CCCCCN(CCCCC)C(=O)C(C)CNC. The van der Waals surface area contributed by atoms with Crippen LogP contribution >= 0.6 is 0 Å². The Labute approximate surface area is 113 Å². The van der Waals surface area contributed by atoms with Crippen LogP contribution < -0.4 is 5.32 Å². The summed E-state index contributed by atoms with van der Waals surface area (Å²) in [6.07, 6.45) is 7.14. The Bertz CT molecular complexity index is 197. The van der Waals surface area contributed by atoms with Gasteiger partial charge < -0.3 is 10.2 Å². The summed E-state index contributed by atoms with van der Waals surface area (Å²) in [6, 6.07) is 0. The van der Waals surface area contributed by atoms with E-state index in [9.17, 15) is 4.79 Å². The van der Waals surface area contributed by atoms with E-state index in [0.717, 1.165) is 32.5 Å². The molecule has 0 rings (SSSR count). The lowest BCUT2D eigenvalue weighted by Gasteiger charge is -2.26. The standard InChI is InChI=1S/C15H32N2O/c1-5-7-9-11-17(12-10-8-6-2)15(18)14(3)13-16-4/h14,16H,5-13H2,1-4H3. The van der Waals surface area contributed by atoms with Crippen LogP contribution in [0.15, 0.2) is 0 Å². The molecule has 3 heteroatoms. The van der Waals surface area contributed by atoms with Crippen molar-refractivity contribution in [3.05, 3.63) is 0 Å². The Morgan fingerprint density at radius 2 is 1.56 bits per heavy atom. The molecule has 0 saturated heterocycles. The summed E-state index contributed by atoms with van der Waals surface area (Å²) < 4.78 is 0. The van der Waals surface area contributed by atoms with E-state index in [1.165, 1.54) is 25.7 Å². The molecule has 0 heterocycles. The van der Waals surface area contributed by atoms with Gasteiger partial charge in [0.2, 0.25) is 5.91 Å². The molecule has 0 radical (unpaired) electrons. The van der Waals surface area contributed by atoms with Crippen LogP contribution in [0.1, 0.15) is 59.3 Å². The Balaban J connectivity index is 4.19. The Kier molecular flexibility index (Phi) is 11.2. The van der Waals surface area contributed by atoms with Gasteiger partial charge in [0.25, 0.3) is 0 Å². The van der Waals surface area contributed by atoms with Crippen LogP contribution in [0.3, 0.4) is 0 Å². The summed E-state index contributed by atoms with van der Waals surface area (Å²) in [7, 11) is 1.91. The Hall–Kier alpha value is -0.570. The summed E-state index contributed by atoms with van der Waals surface area (Å²) in [5, 5.41) is 3.09. The van der Waals surface area contributed by atoms with E-state index in [-0.39, 0.29) is 5.92 Å². The predicted molar refractivity (Wildman–Crippen MR) is 78.7 cm³/mol. The van der Waals surface area contributed by atoms with Gasteiger partial charge in [-0.3, -0.25) is 4.79 Å². The topological polar surface area (TPSA) is 32.3 Å². The first kappa shape index (κ1) is 17.4. The maximum atomic E-state index is 12.3. The predicted octanol–water partition coefficient (Wildman–Crippen LogP) is 3.05. The smallest absolute Gasteiger partial charge is 0.226 e. The van der Waals surface area contributed by atoms with Gasteiger partial charge in [0.1, 0.15) is 0 Å². The molecule has 0 aromatic rings. The van der Waals surface area contributed by atoms with Crippen molar-refractivity contribution in [2.75, 3.05) is 26.7 Å². The number of unbranched alkanes of at least 4 members (excludes halogenated alkanes) is 4. The summed E-state index contributed by atoms with van der Waals surface area (Å²) in [5.74, 6) is 0.412. The molecule has 108 valence electrons. The zero-order valence-corrected chi connectivity index (χ0v) is 12.8. The molecule has 0 aromatic carbocycles. The summed E-state index contributed by atoms with van der Waals surface area (Å²) >= 11 is 0. The monoisotopic (exact) mass is 256 g/mol. The molecule has 1 atom stereocenters. The van der Waals surface area contributed by atoms with Crippen molar-refractivity contribution in [1.82, 2.24) is 10.2 Å². The van der Waals surface area contributed by atoms with Gasteiger partial charge in [-0.15, -0.1) is 0 Å². The zero-order chi connectivity index (χ0) is 13.8. The molecular formula is C15H32N2O. The van der Waals surface area contributed by atoms with Gasteiger partial charge >= 0.3 is 0 Å². The number of carbonyl (C=O) groups is 1. The average molecular weight is 256 g/mol. The fourth-order valence-electron chi connectivity index (χ4n) is 2.14. The second-order valence-electron chi connectivity index (χ2n) is 5.20. The second-order valence-corrected chi connectivity index (χ2v) is 5.20. The van der Waals surface area contributed by atoms with Crippen LogP contribution in [0.4, 0.5) is 0 Å². The number of nitrogens with zero attached hydrogens (tertiary/aromatic N) is 1. The van der Waals surface area contributed by atoms with Crippen molar-refractivity contribution in [2.45, 2.75) is 59.3 Å². The molecule has 3 nitrogen and oxygen atoms in total. The van der Waals surface area contributed by atoms with E-state index >= 15 is 0 Å². The molecule has 1 amide bonds. The normalized spacial score (nSPS) is 12.4. The largest absolute Gasteiger partial charge is 0.342 e. The maximum Gasteiger partial charge on any atom is 0.226 e. The fraction of sp³-hybridized carbons (Fsp3) is 0.933. The van der Waals surface area contributed by atoms with Crippen molar-refractivity contribution >= 4 is 5.91 Å². The van der Waals surface area contributed by atoms with E-state index < -0.39 is 0 Å². The van der Waals surface area contributed by atoms with Crippen LogP contribution in [-0.2, 0) is 4.79 Å². The van der Waals surface area contributed by atoms with Crippen LogP contribution in [0.5, 0.6) is 0 Å². The molecule has 0 aliphatic heterocycles. The number of rotatable bonds is 11. The first-order valence-electron chi connectivity index (χ1n) is 7.60. The van der Waals surface area contributed by atoms with E-state index in [0.29, 0.717) is 5.91 Å². The van der Waals surface area contributed by atoms with Gasteiger partial charge in [-0.1, -0.05) is 46.5 Å². The lowest BCUT2D eigenvalue weighted by atomic mass is 10.1. The van der Waals surface area contributed by atoms with Gasteiger partial charge in [0.15, 0.2) is 0 Å². The summed E-state index contributed by atoms with van der Waals surface area (Å²) in [6.45, 7) is 9.07. The number of nitrogens with one attached hydrogen (secondary N) is 1. The van der Waals surface area contributed by atoms with Crippen LogP contribution in [-0.4, -0.2) is 37.5 Å². The molecule has 1 N–H and O–H groups in total. The minimum Gasteiger partial charge on any atom is -0.342 e. The fourth-order valence-corrected chi connectivity index (χ4v) is 2.14. The highest BCUT2D eigenvalue weighted by Crippen LogP contribution is 2.07. The van der Waals surface area contributed by atoms with Gasteiger partial charge in [0.05, 0.1) is 0 Å². The number of amides is 1. The third-order valence-electron chi connectivity index (χ3n) is 3.31. The van der Waals surface area contributed by atoms with Gasteiger partial charge in [-0.25, -0.2) is 0 Å². The molecule has 0 bridgehead atoms. The van der Waals surface area contributed by atoms with E-state index in [1.807, 2.05) is 14.0 Å². The highest BCUT2D eigenvalue weighted by atomic mass is 16.2. The van der Waals surface area contributed by atoms with E-state index in [4.69, 9.17) is 0 Å². The third kappa shape index (κ3) is 7.70. The zero-order valence-electron chi connectivity index (χ0n) is 12.8. The minimum absolute atomic E-state index is 0.0956. The maximum absolute atomic E-state index is 12.3. The molecule has 0 saturated carbocycles. The molecule has 0 aromatic heterocycles. The first-order valence-corrected chi connectivity index (χ1v) is 7.60. The van der Waals surface area contributed by atoms with Crippen LogP contribution in [0.2, 0.25) is 0 Å². The van der Waals surface area contributed by atoms with E-state index in [2.05, 4.69) is 24.1 Å². The Morgan fingerprint density at radius 3 is 1.94 bits per heavy atom. The van der Waals surface area contributed by atoms with Crippen molar-refractivity contribution in [1.29, 1.82) is 0 Å². The van der Waals surface area contributed by atoms with Gasteiger partial charge in [-0.05, 0) is 19.9 Å². The number of hydrogen-bond donors (Lipinski definition) is 1. The third-order valence-corrected chi connectivity index (χ3v) is 3.31. The van der Waals surface area contributed by atoms with Crippen molar-refractivity contribution in [2.24, 2.45) is 5.92 Å². The van der Waals surface area contributed by atoms with Crippen LogP contribution in [0.25, 0.3) is 0 Å². The van der Waals surface area contributed by atoms with Crippen molar-refractivity contribution < 1.29 is 4.79 Å². The quantitative estimate of drug-likeness (QED) is 0.576. The first-order chi connectivity index (χ1) is 8.67. The average Bonchev–Trinajstić information content (AvgIpc) is 2.37. The number of hydrogen-bond acceptors (Lipinski definition) is 2. The molecule has 0 aliphatic carbocycles. The van der Waals surface area contributed by atoms with Crippen molar-refractivity contribution in [3.63, 3.8) is 0 Å². The van der Waals surface area contributed by atoms with E-state index in [1.54, 1.807) is 0 Å². The molecule has 0 aliphatic rings. The number of carbonyl (C=O) groups excluding carboxylic acids is 1. The highest BCUT2D eigenvalue weighted by molar-refractivity contribution is 5.78. The second kappa shape index (κ2) is 11.5. The lowest BCUT2D eigenvalue weighted by molar-refractivity contribution is -0.135. The molecule has 18 heavy (non-hydrogen) atoms. The van der Waals surface area contributed by atoms with Gasteiger partial charge in [-0.2, -0.15) is 0 Å². The molecule has 0 fully saturated rings. The highest BCUT2D eigenvalue weighted by Gasteiger charge is 2.18. The summed E-state index contributed by atoms with van der Waals surface area (Å²) in [5.41, 5.74) is 0. The summed E-state index contributed by atoms with van der Waals surface area (Å²) in [4.78, 5) is 14.4.